The second kappa shape index (κ2) is 9.53. The second-order valence-corrected chi connectivity index (χ2v) is 10.2. The fourth-order valence-electron chi connectivity index (χ4n) is 5.65. The fraction of sp³-hybridized carbons (Fsp3) is 0.393. The highest BCUT2D eigenvalue weighted by Gasteiger charge is 2.41. The monoisotopic (exact) mass is 500 g/mol. The van der Waals surface area contributed by atoms with Crippen molar-refractivity contribution in [2.24, 2.45) is 5.92 Å². The molecule has 9 heteroatoms. The summed E-state index contributed by atoms with van der Waals surface area (Å²) in [4.78, 5) is 40.3. The molecule has 2 fully saturated rings. The van der Waals surface area contributed by atoms with Gasteiger partial charge in [-0.25, -0.2) is 0 Å². The number of rotatable bonds is 5. The lowest BCUT2D eigenvalue weighted by molar-refractivity contribution is 0.0142. The van der Waals surface area contributed by atoms with Gasteiger partial charge in [0.1, 0.15) is 17.0 Å². The van der Waals surface area contributed by atoms with E-state index in [4.69, 9.17) is 0 Å². The average Bonchev–Trinajstić information content (AvgIpc) is 3.34. The molecule has 37 heavy (non-hydrogen) atoms. The number of nitrogens with zero attached hydrogens (tertiary/aromatic N) is 5. The predicted molar refractivity (Wildman–Crippen MR) is 138 cm³/mol. The smallest absolute Gasteiger partial charge is 0.274 e. The summed E-state index contributed by atoms with van der Waals surface area (Å²) < 4.78 is 14.5. The standard InChI is InChI=1S/C28H29FN6O2/c1-17-21(14-29)16-34(17)28(37)25-26(23-15-30-11-12-31-23)33-35-24(36)13-22(32-27(25)35)20-9-7-19(8-10-20)18-5-3-2-4-6-18/h7-13,15,17-18,21,32H,2-6,14,16H2,1H3/t17-,21-/m1/s1. The van der Waals surface area contributed by atoms with Gasteiger partial charge in [0.2, 0.25) is 0 Å². The van der Waals surface area contributed by atoms with Gasteiger partial charge >= 0.3 is 0 Å². The Hall–Kier alpha value is -3.88. The molecule has 8 nitrogen and oxygen atoms in total. The number of carbonyl (C=O) groups is 1. The van der Waals surface area contributed by atoms with Gasteiger partial charge < -0.3 is 9.88 Å². The third-order valence-electron chi connectivity index (χ3n) is 8.00. The van der Waals surface area contributed by atoms with Crippen molar-refractivity contribution >= 4 is 11.6 Å². The van der Waals surface area contributed by atoms with Gasteiger partial charge in [-0.2, -0.15) is 9.61 Å². The van der Waals surface area contributed by atoms with E-state index in [9.17, 15) is 14.0 Å². The number of alkyl halides is 1. The molecular weight excluding hydrogens is 471 g/mol. The number of halogens is 1. The van der Waals surface area contributed by atoms with Gasteiger partial charge in [0.25, 0.3) is 11.5 Å². The van der Waals surface area contributed by atoms with Crippen LogP contribution in [-0.2, 0) is 0 Å². The van der Waals surface area contributed by atoms with Crippen molar-refractivity contribution in [2.75, 3.05) is 13.2 Å². The molecule has 0 bridgehead atoms. The quantitative estimate of drug-likeness (QED) is 0.431. The summed E-state index contributed by atoms with van der Waals surface area (Å²) in [6.07, 6.45) is 10.8. The van der Waals surface area contributed by atoms with Crippen molar-refractivity contribution in [1.29, 1.82) is 0 Å². The lowest BCUT2D eigenvalue weighted by Crippen LogP contribution is -2.58. The minimum Gasteiger partial charge on any atom is -0.339 e. The van der Waals surface area contributed by atoms with Crippen molar-refractivity contribution in [2.45, 2.75) is 51.0 Å². The summed E-state index contributed by atoms with van der Waals surface area (Å²) in [7, 11) is 0. The van der Waals surface area contributed by atoms with Crippen LogP contribution in [0, 0.1) is 5.92 Å². The number of aromatic nitrogens is 5. The molecule has 1 amide bonds. The molecule has 6 rings (SSSR count). The number of fused-ring (bicyclic) bond motifs is 1. The molecule has 0 radical (unpaired) electrons. The zero-order valence-corrected chi connectivity index (χ0v) is 20.7. The molecule has 1 saturated carbocycles. The summed E-state index contributed by atoms with van der Waals surface area (Å²) in [5, 5.41) is 4.47. The first-order valence-electron chi connectivity index (χ1n) is 12.9. The van der Waals surface area contributed by atoms with E-state index in [1.165, 1.54) is 66.8 Å². The summed E-state index contributed by atoms with van der Waals surface area (Å²) in [5.74, 6) is 0.0842. The van der Waals surface area contributed by atoms with Gasteiger partial charge in [-0.05, 0) is 36.8 Å². The number of likely N-dealkylation sites (tertiary alicyclic amines) is 1. The van der Waals surface area contributed by atoms with Crippen molar-refractivity contribution in [3.05, 3.63) is 70.4 Å². The Morgan fingerprint density at radius 1 is 1.14 bits per heavy atom. The number of hydrogen-bond acceptors (Lipinski definition) is 5. The lowest BCUT2D eigenvalue weighted by Gasteiger charge is -2.45. The molecule has 0 spiro atoms. The van der Waals surface area contributed by atoms with Crippen LogP contribution >= 0.6 is 0 Å². The maximum Gasteiger partial charge on any atom is 0.274 e. The topological polar surface area (TPSA) is 96.2 Å². The average molecular weight is 501 g/mol. The van der Waals surface area contributed by atoms with Crippen molar-refractivity contribution < 1.29 is 9.18 Å². The van der Waals surface area contributed by atoms with Crippen LogP contribution in [0.2, 0.25) is 0 Å². The Morgan fingerprint density at radius 3 is 2.59 bits per heavy atom. The van der Waals surface area contributed by atoms with Crippen molar-refractivity contribution in [1.82, 2.24) is 29.5 Å². The van der Waals surface area contributed by atoms with Crippen LogP contribution < -0.4 is 5.56 Å². The largest absolute Gasteiger partial charge is 0.339 e. The predicted octanol–water partition coefficient (Wildman–Crippen LogP) is 4.62. The molecule has 1 saturated heterocycles. The molecule has 1 N–H and O–H groups in total. The SMILES string of the molecule is C[C@@H]1[C@H](CF)CN1C(=O)c1c(-c2cnccn2)nn2c(=O)cc(-c3ccc(C4CCCCC4)cc3)[nH]c12. The number of nitrogens with one attached hydrogen (secondary N) is 1. The van der Waals surface area contributed by atoms with E-state index >= 15 is 0 Å². The van der Waals surface area contributed by atoms with E-state index in [-0.39, 0.29) is 34.7 Å². The Bertz CT molecular complexity index is 1490. The van der Waals surface area contributed by atoms with Crippen LogP contribution in [0.15, 0.2) is 53.7 Å². The minimum absolute atomic E-state index is 0.192. The third-order valence-corrected chi connectivity index (χ3v) is 8.00. The van der Waals surface area contributed by atoms with Crippen LogP contribution in [0.4, 0.5) is 4.39 Å². The fourth-order valence-corrected chi connectivity index (χ4v) is 5.65. The van der Waals surface area contributed by atoms with Gasteiger partial charge in [-0.15, -0.1) is 0 Å². The van der Waals surface area contributed by atoms with Crippen LogP contribution in [0.3, 0.4) is 0 Å². The first kappa shape index (κ1) is 23.5. The summed E-state index contributed by atoms with van der Waals surface area (Å²) >= 11 is 0. The molecule has 1 aliphatic carbocycles. The molecule has 1 aromatic carbocycles. The van der Waals surface area contributed by atoms with Gasteiger partial charge in [0, 0.05) is 37.0 Å². The summed E-state index contributed by atoms with van der Waals surface area (Å²) in [6.45, 7) is 1.68. The Morgan fingerprint density at radius 2 is 1.92 bits per heavy atom. The lowest BCUT2D eigenvalue weighted by atomic mass is 9.84. The Balaban J connectivity index is 1.44. The van der Waals surface area contributed by atoms with E-state index in [1.807, 2.05) is 19.1 Å². The van der Waals surface area contributed by atoms with Gasteiger partial charge in [-0.1, -0.05) is 43.5 Å². The maximum atomic E-state index is 13.7. The first-order chi connectivity index (χ1) is 18.0. The number of aromatic amines is 1. The highest BCUT2D eigenvalue weighted by molar-refractivity contribution is 6.05. The number of H-pyrrole nitrogens is 1. The van der Waals surface area contributed by atoms with Gasteiger partial charge in [0.05, 0.1) is 18.6 Å². The molecule has 1 aliphatic heterocycles. The molecule has 190 valence electrons. The number of amides is 1. The molecule has 2 atom stereocenters. The molecule has 0 unspecified atom stereocenters. The molecule has 2 aliphatic rings. The second-order valence-electron chi connectivity index (χ2n) is 10.2. The van der Waals surface area contributed by atoms with Crippen molar-refractivity contribution in [3.8, 4) is 22.6 Å². The van der Waals surface area contributed by atoms with E-state index in [0.29, 0.717) is 29.5 Å². The van der Waals surface area contributed by atoms with Crippen LogP contribution in [-0.4, -0.2) is 54.6 Å². The highest BCUT2D eigenvalue weighted by atomic mass is 19.1. The van der Waals surface area contributed by atoms with E-state index in [1.54, 1.807) is 4.90 Å². The number of carbonyl (C=O) groups excluding carboxylic acids is 1. The van der Waals surface area contributed by atoms with Crippen LogP contribution in [0.25, 0.3) is 28.3 Å². The Kier molecular flexibility index (Phi) is 6.06. The zero-order chi connectivity index (χ0) is 25.5. The van der Waals surface area contributed by atoms with Gasteiger partial charge in [0.15, 0.2) is 5.65 Å². The highest BCUT2D eigenvalue weighted by Crippen LogP contribution is 2.34. The van der Waals surface area contributed by atoms with E-state index < -0.39 is 6.67 Å². The zero-order valence-electron chi connectivity index (χ0n) is 20.7. The van der Waals surface area contributed by atoms with Gasteiger partial charge in [-0.3, -0.25) is 23.9 Å². The van der Waals surface area contributed by atoms with Crippen LogP contribution in [0.5, 0.6) is 0 Å². The summed E-state index contributed by atoms with van der Waals surface area (Å²) in [6, 6.07) is 9.58. The third kappa shape index (κ3) is 4.12. The van der Waals surface area contributed by atoms with Crippen LogP contribution in [0.1, 0.15) is 60.9 Å². The molecule has 4 heterocycles. The maximum absolute atomic E-state index is 13.7. The minimum atomic E-state index is -0.478. The number of hydrogen-bond donors (Lipinski definition) is 1. The Labute approximate surface area is 213 Å². The van der Waals surface area contributed by atoms with E-state index in [0.717, 1.165) is 5.56 Å². The van der Waals surface area contributed by atoms with Crippen molar-refractivity contribution in [3.63, 3.8) is 0 Å². The molecule has 4 aromatic rings. The number of benzene rings is 1. The van der Waals surface area contributed by atoms with E-state index in [2.05, 4.69) is 32.2 Å². The molecule has 3 aromatic heterocycles. The first-order valence-corrected chi connectivity index (χ1v) is 12.9. The summed E-state index contributed by atoms with van der Waals surface area (Å²) in [5.41, 5.74) is 3.61. The normalized spacial score (nSPS) is 20.2. The molecular formula is C28H29FN6O2.